The zero-order chi connectivity index (χ0) is 23.8. The molecule has 7 heteroatoms. The van der Waals surface area contributed by atoms with Crippen molar-refractivity contribution in [3.8, 4) is 17.2 Å². The Morgan fingerprint density at radius 3 is 2.55 bits per heavy atom. The van der Waals surface area contributed by atoms with Crippen LogP contribution in [0.2, 0.25) is 0 Å². The van der Waals surface area contributed by atoms with E-state index < -0.39 is 6.04 Å². The lowest BCUT2D eigenvalue weighted by Crippen LogP contribution is -2.49. The Bertz CT molecular complexity index is 961. The van der Waals surface area contributed by atoms with Gasteiger partial charge in [0, 0.05) is 19.0 Å². The maximum absolute atomic E-state index is 13.3. The van der Waals surface area contributed by atoms with E-state index in [0.29, 0.717) is 37.7 Å². The number of fused-ring (bicyclic) bond motifs is 1. The van der Waals surface area contributed by atoms with Crippen molar-refractivity contribution in [2.45, 2.75) is 58.7 Å². The molecule has 1 heterocycles. The number of carbonyl (C=O) groups excluding carboxylic acids is 2. The summed E-state index contributed by atoms with van der Waals surface area (Å²) >= 11 is 0. The number of carbonyl (C=O) groups is 2. The van der Waals surface area contributed by atoms with Crippen molar-refractivity contribution in [3.63, 3.8) is 0 Å². The molecule has 2 atom stereocenters. The molecule has 7 nitrogen and oxygen atoms in total. The lowest BCUT2D eigenvalue weighted by Gasteiger charge is -2.30. The molecule has 1 aliphatic heterocycles. The minimum atomic E-state index is -0.599. The molecule has 2 amide bonds. The van der Waals surface area contributed by atoms with Gasteiger partial charge in [-0.1, -0.05) is 25.1 Å². The van der Waals surface area contributed by atoms with Gasteiger partial charge < -0.3 is 24.4 Å². The highest BCUT2D eigenvalue weighted by Gasteiger charge is 2.27. The molecule has 0 unspecified atom stereocenters. The number of hydrogen-bond acceptors (Lipinski definition) is 5. The summed E-state index contributed by atoms with van der Waals surface area (Å²) in [6.45, 7) is 7.14. The van der Waals surface area contributed by atoms with E-state index in [-0.39, 0.29) is 24.3 Å². The summed E-state index contributed by atoms with van der Waals surface area (Å²) in [6, 6.07) is 12.8. The Kier molecular flexibility index (Phi) is 8.58. The molecule has 2 aromatic rings. The lowest BCUT2D eigenvalue weighted by molar-refractivity contribution is -0.140. The third kappa shape index (κ3) is 6.63. The maximum atomic E-state index is 13.3. The number of benzene rings is 2. The topological polar surface area (TPSA) is 77.1 Å². The van der Waals surface area contributed by atoms with E-state index in [9.17, 15) is 9.59 Å². The molecule has 0 bridgehead atoms. The van der Waals surface area contributed by atoms with Crippen LogP contribution >= 0.6 is 0 Å². The van der Waals surface area contributed by atoms with Gasteiger partial charge in [-0.2, -0.15) is 0 Å². The summed E-state index contributed by atoms with van der Waals surface area (Å²) in [6.07, 6.45) is 1.65. The van der Waals surface area contributed by atoms with E-state index in [1.807, 2.05) is 56.3 Å². The van der Waals surface area contributed by atoms with Gasteiger partial charge >= 0.3 is 0 Å². The highest BCUT2D eigenvalue weighted by atomic mass is 16.6. The number of methoxy groups -OCH3 is 1. The smallest absolute Gasteiger partial charge is 0.242 e. The van der Waals surface area contributed by atoms with Crippen molar-refractivity contribution in [2.75, 3.05) is 20.3 Å². The van der Waals surface area contributed by atoms with Crippen LogP contribution in [0.25, 0.3) is 0 Å². The average Bonchev–Trinajstić information content (AvgIpc) is 2.85. The Labute approximate surface area is 196 Å². The van der Waals surface area contributed by atoms with Gasteiger partial charge in [0.25, 0.3) is 0 Å². The number of rotatable bonds is 10. The van der Waals surface area contributed by atoms with E-state index in [1.165, 1.54) is 0 Å². The highest BCUT2D eigenvalue weighted by Crippen LogP contribution is 2.31. The van der Waals surface area contributed by atoms with E-state index in [0.717, 1.165) is 23.3 Å². The van der Waals surface area contributed by atoms with Crippen LogP contribution in [0.5, 0.6) is 17.2 Å². The molecule has 0 aromatic heterocycles. The number of nitrogens with one attached hydrogen (secondary N) is 1. The SMILES string of the molecule is CC[C@@H](C)NC(=O)[C@H](C)N(Cc1cccc(OC)c1)C(=O)CCc1ccc2c(c1)OCCO2. The molecule has 1 N–H and O–H groups in total. The van der Waals surface area contributed by atoms with Crippen molar-refractivity contribution in [2.24, 2.45) is 0 Å². The second-order valence-electron chi connectivity index (χ2n) is 8.35. The Morgan fingerprint density at radius 1 is 1.06 bits per heavy atom. The van der Waals surface area contributed by atoms with Crippen LogP contribution in [0.3, 0.4) is 0 Å². The van der Waals surface area contributed by atoms with Crippen LogP contribution < -0.4 is 19.5 Å². The fraction of sp³-hybridized carbons (Fsp3) is 0.462. The number of ether oxygens (including phenoxy) is 3. The van der Waals surface area contributed by atoms with Crippen LogP contribution in [0.1, 0.15) is 44.7 Å². The van der Waals surface area contributed by atoms with Gasteiger partial charge in [-0.3, -0.25) is 9.59 Å². The van der Waals surface area contributed by atoms with Crippen molar-refractivity contribution in [1.82, 2.24) is 10.2 Å². The zero-order valence-electron chi connectivity index (χ0n) is 19.9. The van der Waals surface area contributed by atoms with Crippen LogP contribution in [0.4, 0.5) is 0 Å². The fourth-order valence-electron chi connectivity index (χ4n) is 3.65. The average molecular weight is 455 g/mol. The number of nitrogens with zero attached hydrogens (tertiary/aromatic N) is 1. The van der Waals surface area contributed by atoms with E-state index in [4.69, 9.17) is 14.2 Å². The van der Waals surface area contributed by atoms with Gasteiger partial charge in [-0.15, -0.1) is 0 Å². The Morgan fingerprint density at radius 2 is 1.82 bits per heavy atom. The van der Waals surface area contributed by atoms with Crippen molar-refractivity contribution in [3.05, 3.63) is 53.6 Å². The summed E-state index contributed by atoms with van der Waals surface area (Å²) in [4.78, 5) is 27.8. The van der Waals surface area contributed by atoms with Crippen molar-refractivity contribution >= 4 is 11.8 Å². The molecule has 33 heavy (non-hydrogen) atoms. The molecular weight excluding hydrogens is 420 g/mol. The largest absolute Gasteiger partial charge is 0.497 e. The van der Waals surface area contributed by atoms with Gasteiger partial charge in [0.15, 0.2) is 11.5 Å². The first-order valence-corrected chi connectivity index (χ1v) is 11.5. The first-order valence-electron chi connectivity index (χ1n) is 11.5. The van der Waals surface area contributed by atoms with Crippen LogP contribution in [-0.2, 0) is 22.6 Å². The third-order valence-corrected chi connectivity index (χ3v) is 5.89. The normalized spacial score (nSPS) is 14.2. The summed E-state index contributed by atoms with van der Waals surface area (Å²) in [5.41, 5.74) is 1.90. The third-order valence-electron chi connectivity index (χ3n) is 5.89. The van der Waals surface area contributed by atoms with Crippen LogP contribution in [0, 0.1) is 0 Å². The lowest BCUT2D eigenvalue weighted by atomic mass is 10.1. The maximum Gasteiger partial charge on any atom is 0.242 e. The standard InChI is InChI=1S/C26H34N2O5/c1-5-18(2)27-26(30)19(3)28(17-21-7-6-8-22(15-21)31-4)25(29)12-10-20-9-11-23-24(16-20)33-14-13-32-23/h6-9,11,15-16,18-19H,5,10,12-14,17H2,1-4H3,(H,27,30)/t18-,19+/m1/s1. The minimum absolute atomic E-state index is 0.0476. The molecule has 2 aromatic carbocycles. The summed E-state index contributed by atoms with van der Waals surface area (Å²) in [5.74, 6) is 1.92. The number of amides is 2. The number of hydrogen-bond donors (Lipinski definition) is 1. The fourth-order valence-corrected chi connectivity index (χ4v) is 3.65. The minimum Gasteiger partial charge on any atom is -0.497 e. The zero-order valence-corrected chi connectivity index (χ0v) is 19.9. The molecule has 0 saturated heterocycles. The van der Waals surface area contributed by atoms with Gasteiger partial charge in [0.05, 0.1) is 7.11 Å². The monoisotopic (exact) mass is 454 g/mol. The van der Waals surface area contributed by atoms with Crippen LogP contribution in [-0.4, -0.2) is 49.1 Å². The second-order valence-corrected chi connectivity index (χ2v) is 8.35. The predicted molar refractivity (Wildman–Crippen MR) is 127 cm³/mol. The predicted octanol–water partition coefficient (Wildman–Crippen LogP) is 3.73. The quantitative estimate of drug-likeness (QED) is 0.592. The second kappa shape index (κ2) is 11.6. The highest BCUT2D eigenvalue weighted by molar-refractivity contribution is 5.87. The van der Waals surface area contributed by atoms with Gasteiger partial charge in [-0.05, 0) is 62.1 Å². The van der Waals surface area contributed by atoms with Gasteiger partial charge in [0.1, 0.15) is 25.0 Å². The van der Waals surface area contributed by atoms with E-state index >= 15 is 0 Å². The molecule has 0 radical (unpaired) electrons. The molecule has 0 aliphatic carbocycles. The van der Waals surface area contributed by atoms with Gasteiger partial charge in [0.2, 0.25) is 11.8 Å². The summed E-state index contributed by atoms with van der Waals surface area (Å²) < 4.78 is 16.5. The molecule has 178 valence electrons. The molecule has 0 spiro atoms. The number of aryl methyl sites for hydroxylation is 1. The molecule has 0 fully saturated rings. The van der Waals surface area contributed by atoms with Gasteiger partial charge in [-0.25, -0.2) is 0 Å². The van der Waals surface area contributed by atoms with Crippen molar-refractivity contribution in [1.29, 1.82) is 0 Å². The molecule has 1 aliphatic rings. The Balaban J connectivity index is 1.73. The Hall–Kier alpha value is -3.22. The first-order chi connectivity index (χ1) is 15.9. The molecular formula is C26H34N2O5. The van der Waals surface area contributed by atoms with E-state index in [1.54, 1.807) is 18.9 Å². The molecule has 0 saturated carbocycles. The first kappa shape index (κ1) is 24.4. The van der Waals surface area contributed by atoms with Crippen molar-refractivity contribution < 1.29 is 23.8 Å². The summed E-state index contributed by atoms with van der Waals surface area (Å²) in [7, 11) is 1.61. The summed E-state index contributed by atoms with van der Waals surface area (Å²) in [5, 5.41) is 2.99. The van der Waals surface area contributed by atoms with E-state index in [2.05, 4.69) is 5.32 Å². The van der Waals surface area contributed by atoms with Crippen LogP contribution in [0.15, 0.2) is 42.5 Å². The molecule has 3 rings (SSSR count).